The van der Waals surface area contributed by atoms with E-state index in [1.165, 1.54) is 0 Å². The van der Waals surface area contributed by atoms with Crippen molar-refractivity contribution in [1.29, 1.82) is 0 Å². The van der Waals surface area contributed by atoms with E-state index >= 15 is 0 Å². The molecule has 2 aliphatic rings. The van der Waals surface area contributed by atoms with E-state index < -0.39 is 8.17 Å². The third-order valence-electron chi connectivity index (χ3n) is 1.28. The first kappa shape index (κ1) is 6.01. The van der Waals surface area contributed by atoms with E-state index in [4.69, 9.17) is 18.1 Å². The molecule has 0 aromatic rings. The van der Waals surface area contributed by atoms with Crippen molar-refractivity contribution in [2.24, 2.45) is 0 Å². The Balaban J connectivity index is 2.04. The Morgan fingerprint density at radius 3 is 1.33 bits per heavy atom. The van der Waals surface area contributed by atoms with Gasteiger partial charge in [-0.25, -0.2) is 0 Å². The van der Waals surface area contributed by atoms with E-state index in [1.807, 2.05) is 0 Å². The maximum absolute atomic E-state index is 5.17. The van der Waals surface area contributed by atoms with Crippen LogP contribution in [0.15, 0.2) is 0 Å². The average Bonchev–Trinajstić information content (AvgIpc) is 2.45. The van der Waals surface area contributed by atoms with Crippen LogP contribution in [0.25, 0.3) is 0 Å². The quantitative estimate of drug-likeness (QED) is 0.473. The SMILES string of the molecule is C1CO[PH]2(O1)OCCO2. The normalized spacial score (nSPS) is 35.6. The van der Waals surface area contributed by atoms with E-state index in [2.05, 4.69) is 0 Å². The summed E-state index contributed by atoms with van der Waals surface area (Å²) >= 11 is 0. The molecule has 2 rings (SSSR count). The van der Waals surface area contributed by atoms with Crippen LogP contribution in [0, 0.1) is 0 Å². The maximum atomic E-state index is 5.17. The molecule has 0 atom stereocenters. The first-order valence-electron chi connectivity index (χ1n) is 2.97. The van der Waals surface area contributed by atoms with Gasteiger partial charge in [-0.1, -0.05) is 0 Å². The Morgan fingerprint density at radius 2 is 1.00 bits per heavy atom. The molecule has 0 bridgehead atoms. The van der Waals surface area contributed by atoms with Crippen LogP contribution in [-0.2, 0) is 18.1 Å². The second-order valence-electron chi connectivity index (χ2n) is 1.89. The van der Waals surface area contributed by atoms with E-state index in [-0.39, 0.29) is 0 Å². The van der Waals surface area contributed by atoms with Crippen LogP contribution in [0.3, 0.4) is 0 Å². The van der Waals surface area contributed by atoms with Crippen molar-refractivity contribution in [2.45, 2.75) is 0 Å². The van der Waals surface area contributed by atoms with Crippen molar-refractivity contribution in [3.8, 4) is 0 Å². The molecular weight excluding hydrogens is 143 g/mol. The monoisotopic (exact) mass is 152 g/mol. The van der Waals surface area contributed by atoms with E-state index in [0.29, 0.717) is 26.4 Å². The van der Waals surface area contributed by atoms with Crippen LogP contribution in [0.2, 0.25) is 0 Å². The topological polar surface area (TPSA) is 36.9 Å². The standard InChI is InChI=1S/C4H9O4P/c1-2-6-9(5-1)7-3-4-8-9/h9H,1-4H2. The summed E-state index contributed by atoms with van der Waals surface area (Å²) in [6.07, 6.45) is 0. The third-order valence-corrected chi connectivity index (χ3v) is 3.51. The summed E-state index contributed by atoms with van der Waals surface area (Å²) in [6, 6.07) is 0. The molecule has 0 amide bonds. The van der Waals surface area contributed by atoms with Gasteiger partial charge < -0.3 is 0 Å². The molecule has 54 valence electrons. The Bertz CT molecular complexity index is 87.6. The summed E-state index contributed by atoms with van der Waals surface area (Å²) in [5, 5.41) is 0. The van der Waals surface area contributed by atoms with Gasteiger partial charge in [0.15, 0.2) is 0 Å². The van der Waals surface area contributed by atoms with Crippen LogP contribution in [0.1, 0.15) is 0 Å². The minimum atomic E-state index is -2.47. The van der Waals surface area contributed by atoms with Crippen LogP contribution in [0.4, 0.5) is 0 Å². The number of hydrogen-bond donors (Lipinski definition) is 0. The fourth-order valence-corrected chi connectivity index (χ4v) is 2.75. The van der Waals surface area contributed by atoms with Crippen molar-refractivity contribution in [1.82, 2.24) is 0 Å². The third kappa shape index (κ3) is 0.974. The first-order chi connectivity index (χ1) is 4.41. The molecule has 9 heavy (non-hydrogen) atoms. The van der Waals surface area contributed by atoms with E-state index in [9.17, 15) is 0 Å². The Hall–Kier alpha value is 0.270. The molecule has 4 nitrogen and oxygen atoms in total. The molecular formula is C4H9O4P. The number of hydrogen-bond acceptors (Lipinski definition) is 4. The molecule has 0 aromatic heterocycles. The molecule has 2 fully saturated rings. The second-order valence-corrected chi connectivity index (χ2v) is 4.05. The van der Waals surface area contributed by atoms with E-state index in [1.54, 1.807) is 0 Å². The van der Waals surface area contributed by atoms with E-state index in [0.717, 1.165) is 0 Å². The van der Waals surface area contributed by atoms with Gasteiger partial charge in [0, 0.05) is 0 Å². The summed E-state index contributed by atoms with van der Waals surface area (Å²) in [4.78, 5) is 0. The summed E-state index contributed by atoms with van der Waals surface area (Å²) in [6.45, 7) is 2.47. The fourth-order valence-electron chi connectivity index (χ4n) is 0.917. The second kappa shape index (κ2) is 2.15. The molecule has 2 aliphatic heterocycles. The van der Waals surface area contributed by atoms with Crippen LogP contribution in [-0.4, -0.2) is 26.4 Å². The van der Waals surface area contributed by atoms with Crippen molar-refractivity contribution in [2.75, 3.05) is 26.4 Å². The van der Waals surface area contributed by atoms with Crippen LogP contribution < -0.4 is 0 Å². The summed E-state index contributed by atoms with van der Waals surface area (Å²) in [5.41, 5.74) is 0. The fraction of sp³-hybridized carbons (Fsp3) is 1.00. The predicted molar refractivity (Wildman–Crippen MR) is 32.1 cm³/mol. The van der Waals surface area contributed by atoms with Gasteiger partial charge in [-0.2, -0.15) is 0 Å². The van der Waals surface area contributed by atoms with Gasteiger partial charge in [0.25, 0.3) is 0 Å². The molecule has 0 aliphatic carbocycles. The summed E-state index contributed by atoms with van der Waals surface area (Å²) < 4.78 is 20.7. The van der Waals surface area contributed by atoms with Crippen LogP contribution >= 0.6 is 8.17 Å². The van der Waals surface area contributed by atoms with Gasteiger partial charge >= 0.3 is 52.7 Å². The molecule has 0 aromatic carbocycles. The van der Waals surface area contributed by atoms with Crippen molar-refractivity contribution in [3.05, 3.63) is 0 Å². The molecule has 5 heteroatoms. The van der Waals surface area contributed by atoms with Gasteiger partial charge in [0.1, 0.15) is 0 Å². The van der Waals surface area contributed by atoms with Gasteiger partial charge in [-0.05, 0) is 0 Å². The zero-order chi connectivity index (χ0) is 6.16. The van der Waals surface area contributed by atoms with Gasteiger partial charge in [0.05, 0.1) is 0 Å². The minimum absolute atomic E-state index is 0.617. The van der Waals surface area contributed by atoms with Crippen molar-refractivity contribution < 1.29 is 18.1 Å². The average molecular weight is 152 g/mol. The molecule has 0 radical (unpaired) electrons. The Morgan fingerprint density at radius 1 is 0.667 bits per heavy atom. The van der Waals surface area contributed by atoms with Crippen molar-refractivity contribution in [3.63, 3.8) is 0 Å². The Kier molecular flexibility index (Phi) is 1.43. The van der Waals surface area contributed by atoms with Crippen molar-refractivity contribution >= 4 is 8.17 Å². The molecule has 2 heterocycles. The molecule has 1 spiro atoms. The zero-order valence-electron chi connectivity index (χ0n) is 4.96. The molecule has 0 saturated carbocycles. The van der Waals surface area contributed by atoms with Gasteiger partial charge in [0.2, 0.25) is 0 Å². The first-order valence-corrected chi connectivity index (χ1v) is 4.60. The summed E-state index contributed by atoms with van der Waals surface area (Å²) in [5.74, 6) is 0. The molecule has 0 unspecified atom stereocenters. The summed E-state index contributed by atoms with van der Waals surface area (Å²) in [7, 11) is -2.47. The molecule has 2 saturated heterocycles. The van der Waals surface area contributed by atoms with Crippen LogP contribution in [0.5, 0.6) is 0 Å². The molecule has 0 N–H and O–H groups in total. The van der Waals surface area contributed by atoms with Gasteiger partial charge in [-0.3, -0.25) is 0 Å². The number of rotatable bonds is 0. The zero-order valence-corrected chi connectivity index (χ0v) is 5.96. The van der Waals surface area contributed by atoms with Gasteiger partial charge in [-0.15, -0.1) is 0 Å². The Labute approximate surface area is 53.7 Å². The predicted octanol–water partition coefficient (Wildman–Crippen LogP) is 0.490.